The van der Waals surface area contributed by atoms with Crippen molar-refractivity contribution in [2.45, 2.75) is 6.92 Å². The van der Waals surface area contributed by atoms with Crippen molar-refractivity contribution >= 4 is 21.9 Å². The molecular formula is C15H12O5. The van der Waals surface area contributed by atoms with Crippen LogP contribution < -0.4 is 10.2 Å². The fourth-order valence-corrected chi connectivity index (χ4v) is 2.29. The minimum atomic E-state index is -0.389. The fourth-order valence-electron chi connectivity index (χ4n) is 2.29. The molecule has 5 heteroatoms. The molecule has 0 bridgehead atoms. The lowest BCUT2D eigenvalue weighted by Crippen LogP contribution is -2.03. The monoisotopic (exact) mass is 272 g/mol. The summed E-state index contributed by atoms with van der Waals surface area (Å²) in [5, 5.41) is 20.3. The minimum absolute atomic E-state index is 0.0846. The number of rotatable bonds is 1. The number of para-hydroxylation sites is 1. The molecule has 0 aliphatic rings. The molecule has 0 spiro atoms. The van der Waals surface area contributed by atoms with Crippen LogP contribution in [-0.2, 0) is 0 Å². The molecule has 1 aromatic heterocycles. The number of ether oxygens (including phenoxy) is 1. The molecule has 20 heavy (non-hydrogen) atoms. The maximum absolute atomic E-state index is 12.4. The van der Waals surface area contributed by atoms with E-state index in [0.29, 0.717) is 11.3 Å². The Balaban J connectivity index is 2.61. The Morgan fingerprint density at radius 3 is 2.70 bits per heavy atom. The van der Waals surface area contributed by atoms with Crippen LogP contribution in [0.25, 0.3) is 21.9 Å². The first-order chi connectivity index (χ1) is 9.54. The van der Waals surface area contributed by atoms with Crippen molar-refractivity contribution in [2.75, 3.05) is 7.11 Å². The van der Waals surface area contributed by atoms with Gasteiger partial charge in [0.1, 0.15) is 22.5 Å². The van der Waals surface area contributed by atoms with Crippen molar-refractivity contribution in [1.82, 2.24) is 0 Å². The summed E-state index contributed by atoms with van der Waals surface area (Å²) in [7, 11) is 1.46. The zero-order chi connectivity index (χ0) is 14.4. The van der Waals surface area contributed by atoms with Crippen LogP contribution in [0.2, 0.25) is 0 Å². The van der Waals surface area contributed by atoms with Crippen molar-refractivity contribution in [2.24, 2.45) is 0 Å². The van der Waals surface area contributed by atoms with Gasteiger partial charge in [-0.2, -0.15) is 0 Å². The second-order valence-electron chi connectivity index (χ2n) is 4.51. The highest BCUT2D eigenvalue weighted by molar-refractivity contribution is 5.96. The normalized spacial score (nSPS) is 11.1. The van der Waals surface area contributed by atoms with Gasteiger partial charge in [0.15, 0.2) is 11.3 Å². The number of methoxy groups -OCH3 is 1. The molecule has 0 amide bonds. The fraction of sp³-hybridized carbons (Fsp3) is 0.133. The minimum Gasteiger partial charge on any atom is -0.507 e. The molecule has 0 aliphatic heterocycles. The van der Waals surface area contributed by atoms with Gasteiger partial charge in [0.05, 0.1) is 12.5 Å². The van der Waals surface area contributed by atoms with Crippen LogP contribution in [0.15, 0.2) is 33.5 Å². The molecule has 0 fully saturated rings. The molecule has 0 unspecified atom stereocenters. The Hall–Kier alpha value is -2.69. The van der Waals surface area contributed by atoms with Crippen LogP contribution in [0.1, 0.15) is 5.56 Å². The van der Waals surface area contributed by atoms with Crippen molar-refractivity contribution < 1.29 is 19.4 Å². The molecular weight excluding hydrogens is 260 g/mol. The Labute approximate surface area is 113 Å². The van der Waals surface area contributed by atoms with Gasteiger partial charge in [0.2, 0.25) is 5.43 Å². The summed E-state index contributed by atoms with van der Waals surface area (Å²) >= 11 is 0. The van der Waals surface area contributed by atoms with Crippen molar-refractivity contribution in [3.8, 4) is 17.2 Å². The lowest BCUT2D eigenvalue weighted by Gasteiger charge is -2.10. The van der Waals surface area contributed by atoms with Gasteiger partial charge in [0, 0.05) is 11.6 Å². The first-order valence-corrected chi connectivity index (χ1v) is 5.99. The van der Waals surface area contributed by atoms with E-state index in [2.05, 4.69) is 0 Å². The van der Waals surface area contributed by atoms with Crippen LogP contribution >= 0.6 is 0 Å². The zero-order valence-corrected chi connectivity index (χ0v) is 10.9. The summed E-state index contributed by atoms with van der Waals surface area (Å²) in [5.74, 6) is 0.117. The maximum Gasteiger partial charge on any atom is 0.204 e. The summed E-state index contributed by atoms with van der Waals surface area (Å²) in [4.78, 5) is 12.4. The molecule has 5 nitrogen and oxygen atoms in total. The second-order valence-corrected chi connectivity index (χ2v) is 4.51. The molecule has 1 heterocycles. The van der Waals surface area contributed by atoms with Gasteiger partial charge in [-0.1, -0.05) is 6.07 Å². The van der Waals surface area contributed by atoms with Crippen LogP contribution in [0, 0.1) is 6.92 Å². The standard InChI is InChI=1S/C15H12O5/c1-7-10(19-2)6-11-12(13(7)17)14(18)8-4-3-5-9(16)15(8)20-11/h3-6,16-17H,1-2H3. The van der Waals surface area contributed by atoms with E-state index in [1.54, 1.807) is 19.1 Å². The highest BCUT2D eigenvalue weighted by Crippen LogP contribution is 2.36. The average Bonchev–Trinajstić information content (AvgIpc) is 2.44. The van der Waals surface area contributed by atoms with E-state index >= 15 is 0 Å². The Kier molecular flexibility index (Phi) is 2.57. The van der Waals surface area contributed by atoms with Crippen LogP contribution in [-0.4, -0.2) is 17.3 Å². The van der Waals surface area contributed by atoms with Crippen molar-refractivity contribution in [3.05, 3.63) is 40.1 Å². The van der Waals surface area contributed by atoms with Crippen LogP contribution in [0.4, 0.5) is 0 Å². The third-order valence-electron chi connectivity index (χ3n) is 3.37. The highest BCUT2D eigenvalue weighted by Gasteiger charge is 2.17. The topological polar surface area (TPSA) is 79.9 Å². The van der Waals surface area contributed by atoms with E-state index in [1.807, 2.05) is 0 Å². The molecule has 2 aromatic carbocycles. The highest BCUT2D eigenvalue weighted by atomic mass is 16.5. The van der Waals surface area contributed by atoms with Gasteiger partial charge in [0.25, 0.3) is 0 Å². The van der Waals surface area contributed by atoms with Crippen molar-refractivity contribution in [1.29, 1.82) is 0 Å². The number of phenols is 2. The number of hydrogen-bond donors (Lipinski definition) is 2. The quantitative estimate of drug-likeness (QED) is 0.666. The summed E-state index contributed by atoms with van der Waals surface area (Å²) in [6.45, 7) is 1.65. The predicted octanol–water partition coefficient (Wildman–Crippen LogP) is 2.67. The van der Waals surface area contributed by atoms with E-state index in [1.165, 1.54) is 19.2 Å². The van der Waals surface area contributed by atoms with Crippen LogP contribution in [0.3, 0.4) is 0 Å². The average molecular weight is 272 g/mol. The molecule has 2 N–H and O–H groups in total. The molecule has 102 valence electrons. The van der Waals surface area contributed by atoms with Gasteiger partial charge in [-0.3, -0.25) is 4.79 Å². The molecule has 3 aromatic rings. The summed E-state index contributed by atoms with van der Waals surface area (Å²) in [5.41, 5.74) is 0.339. The predicted molar refractivity (Wildman–Crippen MR) is 74.6 cm³/mol. The largest absolute Gasteiger partial charge is 0.507 e. The van der Waals surface area contributed by atoms with Gasteiger partial charge in [-0.25, -0.2) is 0 Å². The number of phenolic OH excluding ortho intramolecular Hbond substituents is 2. The summed E-state index contributed by atoms with van der Waals surface area (Å²) in [6, 6.07) is 6.05. The van der Waals surface area contributed by atoms with Crippen LogP contribution in [0.5, 0.6) is 17.2 Å². The molecule has 3 rings (SSSR count). The second kappa shape index (κ2) is 4.16. The van der Waals surface area contributed by atoms with Gasteiger partial charge >= 0.3 is 0 Å². The number of fused-ring (bicyclic) bond motifs is 2. The lowest BCUT2D eigenvalue weighted by molar-refractivity contribution is 0.403. The summed E-state index contributed by atoms with van der Waals surface area (Å²) < 4.78 is 10.7. The third-order valence-corrected chi connectivity index (χ3v) is 3.37. The first-order valence-electron chi connectivity index (χ1n) is 5.99. The van der Waals surface area contributed by atoms with Crippen molar-refractivity contribution in [3.63, 3.8) is 0 Å². The lowest BCUT2D eigenvalue weighted by atomic mass is 10.1. The maximum atomic E-state index is 12.4. The number of hydrogen-bond acceptors (Lipinski definition) is 5. The summed E-state index contributed by atoms with van der Waals surface area (Å²) in [6.07, 6.45) is 0. The zero-order valence-electron chi connectivity index (χ0n) is 10.9. The Bertz CT molecular complexity index is 892. The molecule has 0 radical (unpaired) electrons. The smallest absolute Gasteiger partial charge is 0.204 e. The van der Waals surface area contributed by atoms with E-state index in [-0.39, 0.29) is 38.9 Å². The van der Waals surface area contributed by atoms with Gasteiger partial charge in [-0.15, -0.1) is 0 Å². The first kappa shape index (κ1) is 12.3. The van der Waals surface area contributed by atoms with E-state index in [9.17, 15) is 15.0 Å². The third kappa shape index (κ3) is 1.53. The molecule has 0 saturated heterocycles. The SMILES string of the molecule is COc1cc2oc3c(O)cccc3c(=O)c2c(O)c1C. The van der Waals surface area contributed by atoms with E-state index in [4.69, 9.17) is 9.15 Å². The van der Waals surface area contributed by atoms with E-state index < -0.39 is 0 Å². The van der Waals surface area contributed by atoms with E-state index in [0.717, 1.165) is 0 Å². The Morgan fingerprint density at radius 2 is 2.00 bits per heavy atom. The molecule has 0 aliphatic carbocycles. The molecule has 0 atom stereocenters. The number of aromatic hydroxyl groups is 2. The van der Waals surface area contributed by atoms with Gasteiger partial charge in [-0.05, 0) is 19.1 Å². The molecule has 0 saturated carbocycles. The Morgan fingerprint density at radius 1 is 1.25 bits per heavy atom. The number of benzene rings is 2. The van der Waals surface area contributed by atoms with Gasteiger partial charge < -0.3 is 19.4 Å².